The number of rotatable bonds is 6. The van der Waals surface area contributed by atoms with E-state index in [0.29, 0.717) is 31.1 Å². The van der Waals surface area contributed by atoms with E-state index < -0.39 is 5.41 Å². The molecular weight excluding hydrogens is 432 g/mol. The third-order valence-corrected chi connectivity index (χ3v) is 10.1. The molecule has 2 bridgehead atoms. The summed E-state index contributed by atoms with van der Waals surface area (Å²) < 4.78 is 17.8. The number of carbonyl (C=O) groups excluding carboxylic acids is 3. The Bertz CT molecular complexity index is 865. The van der Waals surface area contributed by atoms with Crippen molar-refractivity contribution < 1.29 is 28.6 Å². The van der Waals surface area contributed by atoms with Crippen LogP contribution < -0.4 is 0 Å². The van der Waals surface area contributed by atoms with Gasteiger partial charge in [-0.15, -0.1) is 0 Å². The lowest BCUT2D eigenvalue weighted by Crippen LogP contribution is -2.66. The Hall–Kier alpha value is -1.85. The van der Waals surface area contributed by atoms with Gasteiger partial charge in [0.05, 0.1) is 0 Å². The van der Waals surface area contributed by atoms with Crippen LogP contribution in [-0.4, -0.2) is 36.7 Å². The molecule has 4 saturated carbocycles. The van der Waals surface area contributed by atoms with E-state index in [-0.39, 0.29) is 53.5 Å². The molecule has 0 amide bonds. The molecule has 0 saturated heterocycles. The molecule has 0 heterocycles. The van der Waals surface area contributed by atoms with Crippen molar-refractivity contribution in [2.45, 2.75) is 105 Å². The van der Waals surface area contributed by atoms with Crippen LogP contribution in [0.25, 0.3) is 0 Å². The first-order chi connectivity index (χ1) is 16.0. The smallest absolute Gasteiger partial charge is 0.305 e. The predicted octanol–water partition coefficient (Wildman–Crippen LogP) is 5.38. The fourth-order valence-electron chi connectivity index (χ4n) is 8.55. The second-order valence-corrected chi connectivity index (χ2v) is 11.9. The van der Waals surface area contributed by atoms with E-state index in [9.17, 15) is 14.4 Å². The molecule has 1 unspecified atom stereocenters. The molecular formula is C28H42O6. The lowest BCUT2D eigenvalue weighted by atomic mass is 9.40. The van der Waals surface area contributed by atoms with Crippen molar-refractivity contribution in [2.75, 3.05) is 6.61 Å². The van der Waals surface area contributed by atoms with Gasteiger partial charge in [-0.1, -0.05) is 39.8 Å². The summed E-state index contributed by atoms with van der Waals surface area (Å²) in [7, 11) is 0. The summed E-state index contributed by atoms with van der Waals surface area (Å²) in [6, 6.07) is 0. The normalized spacial score (nSPS) is 42.9. The van der Waals surface area contributed by atoms with Crippen molar-refractivity contribution in [3.05, 3.63) is 12.2 Å². The molecule has 1 spiro atoms. The quantitative estimate of drug-likeness (QED) is 0.292. The van der Waals surface area contributed by atoms with Crippen molar-refractivity contribution in [3.63, 3.8) is 0 Å². The van der Waals surface area contributed by atoms with Gasteiger partial charge >= 0.3 is 17.9 Å². The Labute approximate surface area is 204 Å². The topological polar surface area (TPSA) is 78.9 Å². The van der Waals surface area contributed by atoms with Crippen LogP contribution in [0, 0.1) is 34.0 Å². The molecule has 4 aliphatic carbocycles. The fraction of sp³-hybridized carbons (Fsp3) is 0.821. The maximum absolute atomic E-state index is 12.6. The Morgan fingerprint density at radius 1 is 0.971 bits per heavy atom. The predicted molar refractivity (Wildman–Crippen MR) is 128 cm³/mol. The molecule has 0 aliphatic heterocycles. The first-order valence-corrected chi connectivity index (χ1v) is 13.2. The minimum atomic E-state index is -0.547. The monoisotopic (exact) mass is 474 g/mol. The van der Waals surface area contributed by atoms with Gasteiger partial charge in [0.1, 0.15) is 18.8 Å². The average molecular weight is 475 g/mol. The van der Waals surface area contributed by atoms with Crippen molar-refractivity contribution >= 4 is 17.9 Å². The Morgan fingerprint density at radius 2 is 1.62 bits per heavy atom. The number of hydrogen-bond acceptors (Lipinski definition) is 6. The van der Waals surface area contributed by atoms with Gasteiger partial charge in [-0.2, -0.15) is 0 Å². The third-order valence-electron chi connectivity index (χ3n) is 10.1. The summed E-state index contributed by atoms with van der Waals surface area (Å²) in [5, 5.41) is 0. The molecule has 0 aromatic heterocycles. The molecule has 4 aliphatic rings. The third kappa shape index (κ3) is 3.89. The van der Waals surface area contributed by atoms with E-state index in [1.165, 1.54) is 12.5 Å². The highest BCUT2D eigenvalue weighted by atomic mass is 16.6. The molecule has 4 fully saturated rings. The number of fused-ring (bicyclic) bond motifs is 3. The van der Waals surface area contributed by atoms with Crippen LogP contribution in [0.2, 0.25) is 0 Å². The second-order valence-electron chi connectivity index (χ2n) is 11.9. The SMILES string of the molecule is C=C1C[C@]23C[C@@H]1CC[C@H]2[C@]1(C)CC[C@@H](OC(=O)CC)[C@](C)(COC(C)=O)C1C[C@@H]3OC(=O)CC. The van der Waals surface area contributed by atoms with Gasteiger partial charge in [-0.25, -0.2) is 0 Å². The Balaban J connectivity index is 1.77. The highest BCUT2D eigenvalue weighted by Crippen LogP contribution is 2.72. The minimum Gasteiger partial charge on any atom is -0.465 e. The summed E-state index contributed by atoms with van der Waals surface area (Å²) in [6.45, 7) is 14.2. The van der Waals surface area contributed by atoms with Crippen LogP contribution in [0.4, 0.5) is 0 Å². The molecule has 190 valence electrons. The molecule has 0 aromatic rings. The van der Waals surface area contributed by atoms with Crippen molar-refractivity contribution in [1.82, 2.24) is 0 Å². The lowest BCUT2D eigenvalue weighted by molar-refractivity contribution is -0.243. The number of allylic oxidation sites excluding steroid dienone is 1. The first kappa shape index (κ1) is 25.2. The van der Waals surface area contributed by atoms with Crippen molar-refractivity contribution in [1.29, 1.82) is 0 Å². The van der Waals surface area contributed by atoms with E-state index >= 15 is 0 Å². The second kappa shape index (κ2) is 8.98. The van der Waals surface area contributed by atoms with Gasteiger partial charge < -0.3 is 14.2 Å². The number of carbonyl (C=O) groups is 3. The summed E-state index contributed by atoms with van der Waals surface area (Å²) in [4.78, 5) is 36.8. The summed E-state index contributed by atoms with van der Waals surface area (Å²) in [6.07, 6.45) is 6.77. The minimum absolute atomic E-state index is 0.0191. The van der Waals surface area contributed by atoms with Crippen LogP contribution in [0.1, 0.15) is 92.4 Å². The number of esters is 3. The van der Waals surface area contributed by atoms with Crippen molar-refractivity contribution in [3.8, 4) is 0 Å². The van der Waals surface area contributed by atoms with Crippen LogP contribution in [0.15, 0.2) is 12.2 Å². The van der Waals surface area contributed by atoms with Gasteiger partial charge in [-0.05, 0) is 68.1 Å². The molecule has 6 heteroatoms. The van der Waals surface area contributed by atoms with E-state index in [0.717, 1.165) is 38.5 Å². The molecule has 8 atom stereocenters. The molecule has 34 heavy (non-hydrogen) atoms. The Morgan fingerprint density at radius 3 is 2.24 bits per heavy atom. The molecule has 0 N–H and O–H groups in total. The van der Waals surface area contributed by atoms with Gasteiger partial charge in [0, 0.05) is 30.6 Å². The number of hydrogen-bond donors (Lipinski definition) is 0. The largest absolute Gasteiger partial charge is 0.465 e. The summed E-state index contributed by atoms with van der Waals surface area (Å²) >= 11 is 0. The van der Waals surface area contributed by atoms with Gasteiger partial charge in [-0.3, -0.25) is 14.4 Å². The maximum Gasteiger partial charge on any atom is 0.305 e. The first-order valence-electron chi connectivity index (χ1n) is 13.2. The van der Waals surface area contributed by atoms with Crippen molar-refractivity contribution in [2.24, 2.45) is 34.0 Å². The number of ether oxygens (including phenoxy) is 3. The molecule has 4 rings (SSSR count). The lowest BCUT2D eigenvalue weighted by Gasteiger charge is -2.66. The Kier molecular flexibility index (Phi) is 6.67. The van der Waals surface area contributed by atoms with E-state index in [1.807, 2.05) is 6.92 Å². The zero-order valence-corrected chi connectivity index (χ0v) is 21.6. The summed E-state index contributed by atoms with van der Waals surface area (Å²) in [5.41, 5.74) is 0.685. The average Bonchev–Trinajstić information content (AvgIpc) is 3.04. The summed E-state index contributed by atoms with van der Waals surface area (Å²) in [5.74, 6) is 0.294. The van der Waals surface area contributed by atoms with Gasteiger partial charge in [0.15, 0.2) is 0 Å². The highest BCUT2D eigenvalue weighted by molar-refractivity contribution is 5.69. The zero-order chi connectivity index (χ0) is 24.9. The van der Waals surface area contributed by atoms with Gasteiger partial charge in [0.25, 0.3) is 0 Å². The van der Waals surface area contributed by atoms with E-state index in [4.69, 9.17) is 14.2 Å². The van der Waals surface area contributed by atoms with Crippen LogP contribution >= 0.6 is 0 Å². The fourth-order valence-corrected chi connectivity index (χ4v) is 8.55. The maximum atomic E-state index is 12.6. The molecule has 6 nitrogen and oxygen atoms in total. The van der Waals surface area contributed by atoms with Crippen LogP contribution in [0.5, 0.6) is 0 Å². The molecule has 0 radical (unpaired) electrons. The van der Waals surface area contributed by atoms with E-state index in [1.54, 1.807) is 6.92 Å². The van der Waals surface area contributed by atoms with Gasteiger partial charge in [0.2, 0.25) is 0 Å². The standard InChI is InChI=1S/C28H42O6/c1-7-24(30)33-22-11-12-26(5)20-10-9-19-15-28(20,14-17(19)3)23(34-25(31)8-2)13-21(26)27(22,6)16-32-18(4)29/h19-23H,3,7-16H2,1-2,4-6H3/t19-,20-,21?,22+,23-,26-,27+,28-/m0/s1. The van der Waals surface area contributed by atoms with E-state index in [2.05, 4.69) is 20.4 Å². The zero-order valence-electron chi connectivity index (χ0n) is 21.6. The molecule has 0 aromatic carbocycles. The highest BCUT2D eigenvalue weighted by Gasteiger charge is 2.69. The van der Waals surface area contributed by atoms with Crippen LogP contribution in [0.3, 0.4) is 0 Å². The van der Waals surface area contributed by atoms with Crippen LogP contribution in [-0.2, 0) is 28.6 Å².